The van der Waals surface area contributed by atoms with Crippen molar-refractivity contribution in [3.05, 3.63) is 6.92 Å². The molecule has 4 aliphatic rings. The van der Waals surface area contributed by atoms with Gasteiger partial charge >= 0.3 is 57.7 Å². The van der Waals surface area contributed by atoms with Crippen LogP contribution in [0.4, 0.5) is 0 Å². The Morgan fingerprint density at radius 2 is 0.847 bits per heavy atom. The Morgan fingerprint density at radius 1 is 0.593 bits per heavy atom. The van der Waals surface area contributed by atoms with Crippen molar-refractivity contribution in [1.29, 1.82) is 0 Å². The fraction of sp³-hybridized carbons (Fsp3) is 0.881. The molecule has 4 rings (SSSR count). The summed E-state index contributed by atoms with van der Waals surface area (Å²) in [4.78, 5) is 65.0. The van der Waals surface area contributed by atoms with Crippen molar-refractivity contribution in [3.8, 4) is 0 Å². The van der Waals surface area contributed by atoms with Crippen LogP contribution in [0.25, 0.3) is 0 Å². The first kappa shape index (κ1) is 67.2. The van der Waals surface area contributed by atoms with Crippen molar-refractivity contribution in [2.75, 3.05) is 3.89 Å². The molecular formula is C42H75B2ClILiO12. The Hall–Kier alpha value is -0.893. The number of unbranched alkanes of at least 4 members (excludes halogenated alkanes) is 1. The summed E-state index contributed by atoms with van der Waals surface area (Å²) in [5.74, 6) is 1.67. The second-order valence-electron chi connectivity index (χ2n) is 17.1. The number of hydrogen-bond donors (Lipinski definition) is 0. The van der Waals surface area contributed by atoms with Gasteiger partial charge in [0.05, 0.1) is 26.3 Å². The van der Waals surface area contributed by atoms with E-state index in [1.807, 2.05) is 0 Å². The molecular weight excluding hydrogens is 887 g/mol. The summed E-state index contributed by atoms with van der Waals surface area (Å²) in [5, 5.41) is 0. The molecule has 336 valence electrons. The normalized spacial score (nSPS) is 22.1. The van der Waals surface area contributed by atoms with E-state index in [-0.39, 0.29) is 80.1 Å². The van der Waals surface area contributed by atoms with E-state index in [2.05, 4.69) is 120 Å². The van der Waals surface area contributed by atoms with Gasteiger partial charge in [-0.2, -0.15) is 44.8 Å². The molecule has 12 nitrogen and oxygen atoms in total. The quantitative estimate of drug-likeness (QED) is 0.0907. The molecule has 4 fully saturated rings. The molecule has 0 spiro atoms. The van der Waals surface area contributed by atoms with Crippen LogP contribution in [0.1, 0.15) is 173 Å². The van der Waals surface area contributed by atoms with Crippen LogP contribution >= 0.6 is 34.2 Å². The topological polar surface area (TPSA) is 173 Å². The van der Waals surface area contributed by atoms with Gasteiger partial charge in [0, 0.05) is 0 Å². The average Bonchev–Trinajstić information content (AvgIpc) is 3.86. The van der Waals surface area contributed by atoms with Crippen molar-refractivity contribution >= 4 is 73.0 Å². The molecule has 2 unspecified atom stereocenters. The molecule has 17 heteroatoms. The van der Waals surface area contributed by atoms with Crippen LogP contribution < -0.4 is 18.9 Å². The maximum atomic E-state index is 8.12. The largest absolute Gasteiger partial charge is 1.00 e. The Morgan fingerprint density at radius 3 is 1.10 bits per heavy atom. The van der Waals surface area contributed by atoms with Gasteiger partial charge in [0.25, 0.3) is 0 Å². The molecule has 59 heavy (non-hydrogen) atoms. The van der Waals surface area contributed by atoms with E-state index in [1.165, 1.54) is 77.0 Å². The van der Waals surface area contributed by atoms with Crippen molar-refractivity contribution in [2.45, 2.75) is 209 Å². The number of carbonyl (C=O) groups excluding carboxylic acids is 8. The Labute approximate surface area is 388 Å². The first-order chi connectivity index (χ1) is 27.0. The van der Waals surface area contributed by atoms with E-state index in [9.17, 15) is 0 Å². The fourth-order valence-corrected chi connectivity index (χ4v) is 7.67. The van der Waals surface area contributed by atoms with E-state index in [4.69, 9.17) is 68.6 Å². The summed E-state index contributed by atoms with van der Waals surface area (Å²) >= 11 is 7.04. The van der Waals surface area contributed by atoms with Crippen LogP contribution in [0, 0.1) is 29.6 Å². The van der Waals surface area contributed by atoms with Crippen molar-refractivity contribution in [2.24, 2.45) is 22.7 Å². The van der Waals surface area contributed by atoms with Crippen LogP contribution in [0.5, 0.6) is 0 Å². The molecule has 0 aromatic rings. The van der Waals surface area contributed by atoms with Gasteiger partial charge in [-0.15, -0.1) is 11.6 Å². The maximum absolute atomic E-state index is 8.12. The number of alkyl halides is 2. The van der Waals surface area contributed by atoms with Crippen molar-refractivity contribution in [3.63, 3.8) is 0 Å². The minimum Gasteiger partial charge on any atom is -0.403 e. The van der Waals surface area contributed by atoms with E-state index < -0.39 is 0 Å². The van der Waals surface area contributed by atoms with Gasteiger partial charge in [-0.25, -0.2) is 0 Å². The summed E-state index contributed by atoms with van der Waals surface area (Å²) in [7, 11) is -0.00207. The Bertz CT molecular complexity index is 1130. The molecule has 0 N–H and O–H groups in total. The van der Waals surface area contributed by atoms with Gasteiger partial charge in [0.2, 0.25) is 0 Å². The van der Waals surface area contributed by atoms with Gasteiger partial charge in [0.15, 0.2) is 0 Å². The molecule has 0 aromatic carbocycles. The summed E-state index contributed by atoms with van der Waals surface area (Å²) < 4.78 is 25.2. The minimum absolute atomic E-state index is 0. The third kappa shape index (κ3) is 26.4. The molecule has 2 heterocycles. The van der Waals surface area contributed by atoms with Gasteiger partial charge in [-0.05, 0) is 123 Å². The number of rotatable bonds is 10. The van der Waals surface area contributed by atoms with E-state index >= 15 is 0 Å². The maximum Gasteiger partial charge on any atom is 1.00 e. The fourth-order valence-electron chi connectivity index (χ4n) is 7.67. The van der Waals surface area contributed by atoms with E-state index in [0.29, 0.717) is 14.7 Å². The zero-order chi connectivity index (χ0) is 46.3. The van der Waals surface area contributed by atoms with Crippen LogP contribution in [0.2, 0.25) is 12.6 Å². The predicted octanol–water partition coefficient (Wildman–Crippen LogP) is 7.67. The molecule has 0 bridgehead atoms. The third-order valence-corrected chi connectivity index (χ3v) is 12.9. The summed E-state index contributed by atoms with van der Waals surface area (Å²) in [6.07, 6.45) is 20.4. The molecule has 2 saturated carbocycles. The first-order valence-corrected chi connectivity index (χ1v) is 22.6. The van der Waals surface area contributed by atoms with Gasteiger partial charge in [-0.3, -0.25) is 0 Å². The van der Waals surface area contributed by atoms with Crippen molar-refractivity contribution < 1.29 is 75.8 Å². The molecule has 0 radical (unpaired) electrons. The molecule has 2 aliphatic heterocycles. The Balaban J connectivity index is -0.000000229. The van der Waals surface area contributed by atoms with Gasteiger partial charge in [-0.1, -0.05) is 102 Å². The van der Waals surface area contributed by atoms with E-state index in [0.717, 1.165) is 30.9 Å². The van der Waals surface area contributed by atoms with Crippen LogP contribution in [-0.4, -0.2) is 65.1 Å². The molecule has 2 atom stereocenters. The predicted molar refractivity (Wildman–Crippen MR) is 232 cm³/mol. The summed E-state index contributed by atoms with van der Waals surface area (Å²) in [6.45, 7) is 32.3. The SMILES string of the molecule is CCC1(CC)CCC(CB2OC(C)(C)C(C)(C)O2)C1.CCC1(CC)CCC(CCB2OC(C)(C)C(C)(C)O2)C1.ClCI.O=C=O.O=C=O.O=C=O.O=C=O.[CH2-]CCC.[Li+]. The first-order valence-electron chi connectivity index (χ1n) is 20.6. The second-order valence-corrected chi connectivity index (χ2v) is 19.0. The second kappa shape index (κ2) is 35.6. The molecule has 0 aromatic heterocycles. The molecule has 2 aliphatic carbocycles. The van der Waals surface area contributed by atoms with Crippen LogP contribution in [0.3, 0.4) is 0 Å². The summed E-state index contributed by atoms with van der Waals surface area (Å²) in [6, 6.07) is 0. The average molecular weight is 963 g/mol. The van der Waals surface area contributed by atoms with Crippen LogP contribution in [-0.2, 0) is 57.0 Å². The number of halogens is 2. The van der Waals surface area contributed by atoms with E-state index in [1.54, 1.807) is 0 Å². The Kier molecular flexibility index (Phi) is 40.5. The zero-order valence-electron chi connectivity index (χ0n) is 39.0. The summed E-state index contributed by atoms with van der Waals surface area (Å²) in [5.41, 5.74) is 0.536. The van der Waals surface area contributed by atoms with Crippen molar-refractivity contribution in [1.82, 2.24) is 0 Å². The minimum atomic E-state index is -0.178. The van der Waals surface area contributed by atoms with Gasteiger partial charge in [0.1, 0.15) is 0 Å². The number of hydrogen-bond acceptors (Lipinski definition) is 12. The molecule has 2 saturated heterocycles. The van der Waals surface area contributed by atoms with Gasteiger partial charge < -0.3 is 25.5 Å². The van der Waals surface area contributed by atoms with Crippen LogP contribution in [0.15, 0.2) is 0 Å². The smallest absolute Gasteiger partial charge is 0.403 e. The third-order valence-electron chi connectivity index (χ3n) is 12.9. The monoisotopic (exact) mass is 962 g/mol. The molecule has 0 amide bonds. The standard InChI is InChI=1S/C17H33BO2.C16H31BO2.C4H9.CH2ClI.4CO2.Li/c1-7-17(8-2)11-9-14(13-17)10-12-18-19-15(3,4)16(5,6)20-18;1-7-16(8-2)10-9-13(11-16)12-17-18-14(3,4)15(5,6)19-17;1-3-4-2;5*2-1-3;/h14H,7-13H2,1-6H3;13H,7-12H2,1-6H3;1,3-4H2,2H3;1H2;;;;;/q;;-1;;;;;;+1. The zero-order valence-corrected chi connectivity index (χ0v) is 41.9.